The van der Waals surface area contributed by atoms with Crippen molar-refractivity contribution in [2.45, 2.75) is 6.42 Å². The molecule has 1 N–H and O–H groups in total. The minimum absolute atomic E-state index is 0.0940. The zero-order valence-electron chi connectivity index (χ0n) is 9.58. The molecule has 0 aliphatic rings. The van der Waals surface area contributed by atoms with Gasteiger partial charge in [0.05, 0.1) is 27.0 Å². The monoisotopic (exact) mass is 337 g/mol. The number of thiophene rings is 1. The molecule has 0 amide bonds. The van der Waals surface area contributed by atoms with Crippen LogP contribution in [0, 0.1) is 0 Å². The van der Waals surface area contributed by atoms with E-state index in [1.807, 2.05) is 24.3 Å². The number of imidazole rings is 1. The van der Waals surface area contributed by atoms with Crippen LogP contribution in [0.15, 0.2) is 34.2 Å². The summed E-state index contributed by atoms with van der Waals surface area (Å²) in [4.78, 5) is 15.9. The Bertz CT molecular complexity index is 765. The summed E-state index contributed by atoms with van der Waals surface area (Å²) in [5.41, 5.74) is 1.99. The Hall–Kier alpha value is -1.73. The first kappa shape index (κ1) is 12.3. The van der Waals surface area contributed by atoms with Crippen molar-refractivity contribution >= 4 is 38.9 Å². The second-order valence-corrected chi connectivity index (χ2v) is 6.39. The van der Waals surface area contributed by atoms with E-state index in [2.05, 4.69) is 26.0 Å². The van der Waals surface area contributed by atoms with Gasteiger partial charge in [0.2, 0.25) is 0 Å². The zero-order valence-corrected chi connectivity index (χ0v) is 12.0. The lowest BCUT2D eigenvalue weighted by Gasteiger charge is -1.97. The van der Waals surface area contributed by atoms with Gasteiger partial charge in [-0.1, -0.05) is 0 Å². The summed E-state index contributed by atoms with van der Waals surface area (Å²) >= 11 is 5.01. The lowest BCUT2D eigenvalue weighted by molar-refractivity contribution is -0.136. The molecule has 3 heterocycles. The molecular weight excluding hydrogens is 330 g/mol. The Morgan fingerprint density at radius 3 is 2.89 bits per heavy atom. The van der Waals surface area contributed by atoms with Crippen molar-refractivity contribution in [2.24, 2.45) is 0 Å². The maximum atomic E-state index is 10.7. The molecule has 0 bridgehead atoms. The number of carbonyl (C=O) groups is 1. The molecule has 0 unspecified atom stereocenters. The molecule has 0 saturated heterocycles. The number of aromatic nitrogens is 3. The van der Waals surface area contributed by atoms with Crippen LogP contribution in [0.4, 0.5) is 0 Å². The molecule has 5 nitrogen and oxygen atoms in total. The second kappa shape index (κ2) is 4.75. The summed E-state index contributed by atoms with van der Waals surface area (Å²) < 4.78 is 2.66. The molecular formula is C12H8BrN3O2S. The fourth-order valence-electron chi connectivity index (χ4n) is 1.75. The van der Waals surface area contributed by atoms with Crippen molar-refractivity contribution in [1.29, 1.82) is 0 Å². The van der Waals surface area contributed by atoms with Crippen LogP contribution in [0.1, 0.15) is 5.69 Å². The summed E-state index contributed by atoms with van der Waals surface area (Å²) in [5, 5.41) is 13.2. The summed E-state index contributed by atoms with van der Waals surface area (Å²) in [7, 11) is 0. The molecule has 0 fully saturated rings. The maximum Gasteiger partial charge on any atom is 0.309 e. The highest BCUT2D eigenvalue weighted by atomic mass is 79.9. The number of rotatable bonds is 3. The standard InChI is InChI=1S/C12H8BrN3O2S/c13-10-3-2-9(19-10)8-1-4-11-14-7(5-12(17)18)6-16(11)15-8/h1-4,6H,5H2,(H,17,18). The molecule has 7 heteroatoms. The number of aliphatic carboxylic acids is 1. The van der Waals surface area contributed by atoms with Crippen molar-refractivity contribution in [1.82, 2.24) is 14.6 Å². The molecule has 0 aromatic carbocycles. The molecule has 0 saturated carbocycles. The van der Waals surface area contributed by atoms with Gasteiger partial charge >= 0.3 is 5.97 Å². The summed E-state index contributed by atoms with van der Waals surface area (Å²) in [5.74, 6) is -0.897. The van der Waals surface area contributed by atoms with Crippen LogP contribution in [-0.4, -0.2) is 25.7 Å². The summed E-state index contributed by atoms with van der Waals surface area (Å²) in [6, 6.07) is 7.67. The third-order valence-corrected chi connectivity index (χ3v) is 4.17. The van der Waals surface area contributed by atoms with Crippen LogP contribution >= 0.6 is 27.3 Å². The van der Waals surface area contributed by atoms with Crippen molar-refractivity contribution < 1.29 is 9.90 Å². The summed E-state index contributed by atoms with van der Waals surface area (Å²) in [6.45, 7) is 0. The van der Waals surface area contributed by atoms with E-state index in [0.29, 0.717) is 11.3 Å². The first-order chi connectivity index (χ1) is 9.11. The van der Waals surface area contributed by atoms with Crippen molar-refractivity contribution in [3.63, 3.8) is 0 Å². The highest BCUT2D eigenvalue weighted by molar-refractivity contribution is 9.11. The fourth-order valence-corrected chi connectivity index (χ4v) is 3.11. The smallest absolute Gasteiger partial charge is 0.309 e. The highest BCUT2D eigenvalue weighted by Crippen LogP contribution is 2.29. The highest BCUT2D eigenvalue weighted by Gasteiger charge is 2.09. The molecule has 19 heavy (non-hydrogen) atoms. The SMILES string of the molecule is O=C(O)Cc1cn2nc(-c3ccc(Br)s3)ccc2n1. The number of halogens is 1. The second-order valence-electron chi connectivity index (χ2n) is 3.93. The van der Waals surface area contributed by atoms with E-state index in [4.69, 9.17) is 5.11 Å². The predicted molar refractivity (Wildman–Crippen MR) is 75.3 cm³/mol. The predicted octanol–water partition coefficient (Wildman–Crippen LogP) is 2.85. The van der Waals surface area contributed by atoms with Gasteiger partial charge in [0, 0.05) is 0 Å². The van der Waals surface area contributed by atoms with E-state index < -0.39 is 5.97 Å². The van der Waals surface area contributed by atoms with Gasteiger partial charge in [-0.2, -0.15) is 5.10 Å². The quantitative estimate of drug-likeness (QED) is 0.797. The van der Waals surface area contributed by atoms with Crippen molar-refractivity contribution in [2.75, 3.05) is 0 Å². The molecule has 0 aliphatic carbocycles. The Balaban J connectivity index is 2.03. The third-order valence-electron chi connectivity index (χ3n) is 2.53. The number of fused-ring (bicyclic) bond motifs is 1. The van der Waals surface area contributed by atoms with Gasteiger partial charge in [-0.15, -0.1) is 11.3 Å². The third kappa shape index (κ3) is 2.52. The minimum Gasteiger partial charge on any atom is -0.481 e. The fraction of sp³-hybridized carbons (Fsp3) is 0.0833. The van der Waals surface area contributed by atoms with Gasteiger partial charge in [-0.05, 0) is 40.2 Å². The number of carboxylic acids is 1. The van der Waals surface area contributed by atoms with E-state index in [9.17, 15) is 4.79 Å². The van der Waals surface area contributed by atoms with Crippen molar-refractivity contribution in [3.05, 3.63) is 39.9 Å². The van der Waals surface area contributed by atoms with E-state index in [0.717, 1.165) is 14.4 Å². The van der Waals surface area contributed by atoms with Gasteiger partial charge in [0.15, 0.2) is 5.65 Å². The Labute approximate surface area is 120 Å². The van der Waals surface area contributed by atoms with Crippen LogP contribution in [0.25, 0.3) is 16.2 Å². The Morgan fingerprint density at radius 1 is 1.37 bits per heavy atom. The normalized spacial score (nSPS) is 11.0. The van der Waals surface area contributed by atoms with Crippen LogP contribution in [0.3, 0.4) is 0 Å². The number of hydrogen-bond acceptors (Lipinski definition) is 4. The molecule has 0 atom stereocenters. The van der Waals surface area contributed by atoms with Gasteiger partial charge in [0.25, 0.3) is 0 Å². The van der Waals surface area contributed by atoms with Gasteiger partial charge in [-0.3, -0.25) is 4.79 Å². The van der Waals surface area contributed by atoms with Crippen LogP contribution in [0.2, 0.25) is 0 Å². The van der Waals surface area contributed by atoms with Gasteiger partial charge in [-0.25, -0.2) is 9.50 Å². The number of carboxylic acid groups (broad SMARTS) is 1. The topological polar surface area (TPSA) is 67.5 Å². The number of hydrogen-bond donors (Lipinski definition) is 1. The maximum absolute atomic E-state index is 10.7. The molecule has 0 spiro atoms. The van der Waals surface area contributed by atoms with E-state index in [1.54, 1.807) is 22.0 Å². The summed E-state index contributed by atoms with van der Waals surface area (Å²) in [6.07, 6.45) is 1.55. The molecule has 0 radical (unpaired) electrons. The molecule has 96 valence electrons. The lowest BCUT2D eigenvalue weighted by atomic mass is 10.3. The lowest BCUT2D eigenvalue weighted by Crippen LogP contribution is -1.99. The van der Waals surface area contributed by atoms with E-state index >= 15 is 0 Å². The Morgan fingerprint density at radius 2 is 2.21 bits per heavy atom. The van der Waals surface area contributed by atoms with Crippen LogP contribution < -0.4 is 0 Å². The largest absolute Gasteiger partial charge is 0.481 e. The first-order valence-corrected chi connectivity index (χ1v) is 7.05. The van der Waals surface area contributed by atoms with Crippen LogP contribution in [-0.2, 0) is 11.2 Å². The Kier molecular flexibility index (Phi) is 3.08. The molecule has 3 rings (SSSR count). The van der Waals surface area contributed by atoms with E-state index in [-0.39, 0.29) is 6.42 Å². The first-order valence-electron chi connectivity index (χ1n) is 5.44. The zero-order chi connectivity index (χ0) is 13.4. The number of nitrogens with zero attached hydrogens (tertiary/aromatic N) is 3. The molecule has 0 aliphatic heterocycles. The van der Waals surface area contributed by atoms with Gasteiger partial charge < -0.3 is 5.11 Å². The minimum atomic E-state index is -0.897. The van der Waals surface area contributed by atoms with E-state index in [1.165, 1.54) is 0 Å². The van der Waals surface area contributed by atoms with Crippen LogP contribution in [0.5, 0.6) is 0 Å². The van der Waals surface area contributed by atoms with Crippen molar-refractivity contribution in [3.8, 4) is 10.6 Å². The molecule has 3 aromatic rings. The van der Waals surface area contributed by atoms with Gasteiger partial charge in [0.1, 0.15) is 5.69 Å². The molecule has 3 aromatic heterocycles. The average Bonchev–Trinajstić information content (AvgIpc) is 2.92. The average molecular weight is 338 g/mol.